The van der Waals surface area contributed by atoms with Crippen molar-refractivity contribution in [3.8, 4) is 5.75 Å². The number of likely N-dealkylation sites (tertiary alicyclic amines) is 1. The van der Waals surface area contributed by atoms with Gasteiger partial charge in [-0.3, -0.25) is 9.62 Å². The first-order valence-corrected chi connectivity index (χ1v) is 13.4. The molecule has 1 N–H and O–H groups in total. The highest BCUT2D eigenvalue weighted by Gasteiger charge is 2.34. The van der Waals surface area contributed by atoms with Gasteiger partial charge >= 0.3 is 0 Å². The van der Waals surface area contributed by atoms with Crippen LogP contribution < -0.4 is 9.46 Å². The zero-order chi connectivity index (χ0) is 23.4. The summed E-state index contributed by atoms with van der Waals surface area (Å²) >= 11 is 1.22. The molecular formula is C24H28FN3O3S2. The number of nitrogens with zero attached hydrogens (tertiary/aromatic N) is 2. The predicted octanol–water partition coefficient (Wildman–Crippen LogP) is 5.61. The van der Waals surface area contributed by atoms with Crippen LogP contribution in [0.2, 0.25) is 0 Å². The maximum absolute atomic E-state index is 13.6. The van der Waals surface area contributed by atoms with Gasteiger partial charge in [-0.15, -0.1) is 11.3 Å². The number of fused-ring (bicyclic) bond motifs is 1. The molecule has 0 aliphatic carbocycles. The van der Waals surface area contributed by atoms with E-state index in [4.69, 9.17) is 4.74 Å². The van der Waals surface area contributed by atoms with E-state index in [1.807, 2.05) is 6.07 Å². The summed E-state index contributed by atoms with van der Waals surface area (Å²) in [6, 6.07) is 5.24. The monoisotopic (exact) mass is 489 g/mol. The Labute approximate surface area is 198 Å². The van der Waals surface area contributed by atoms with Crippen molar-refractivity contribution in [3.05, 3.63) is 71.5 Å². The van der Waals surface area contributed by atoms with Crippen LogP contribution in [0.3, 0.4) is 0 Å². The summed E-state index contributed by atoms with van der Waals surface area (Å²) in [5.41, 5.74) is 1.85. The number of anilines is 1. The largest absolute Gasteiger partial charge is 0.493 e. The Morgan fingerprint density at radius 2 is 2.18 bits per heavy atom. The lowest BCUT2D eigenvalue weighted by atomic mass is 9.90. The zero-order valence-electron chi connectivity index (χ0n) is 18.5. The summed E-state index contributed by atoms with van der Waals surface area (Å²) in [4.78, 5) is 6.54. The molecule has 9 heteroatoms. The lowest BCUT2D eigenvalue weighted by molar-refractivity contribution is 0.0850. The minimum absolute atomic E-state index is 0.0828. The molecule has 0 bridgehead atoms. The van der Waals surface area contributed by atoms with Crippen LogP contribution in [0.1, 0.15) is 44.2 Å². The van der Waals surface area contributed by atoms with Gasteiger partial charge in [0.15, 0.2) is 5.13 Å². The molecule has 1 aromatic heterocycles. The Morgan fingerprint density at radius 3 is 2.94 bits per heavy atom. The zero-order valence-corrected chi connectivity index (χ0v) is 20.2. The Morgan fingerprint density at radius 1 is 1.33 bits per heavy atom. The summed E-state index contributed by atoms with van der Waals surface area (Å²) in [6.07, 6.45) is 10.1. The van der Waals surface area contributed by atoms with Crippen molar-refractivity contribution < 1.29 is 17.5 Å². The third kappa shape index (κ3) is 5.37. The van der Waals surface area contributed by atoms with Gasteiger partial charge in [-0.1, -0.05) is 31.2 Å². The number of ether oxygens (including phenoxy) is 1. The molecule has 0 saturated carbocycles. The Hall–Kier alpha value is -2.49. The first kappa shape index (κ1) is 23.7. The van der Waals surface area contributed by atoms with E-state index in [2.05, 4.69) is 21.2 Å². The fourth-order valence-electron chi connectivity index (χ4n) is 4.43. The van der Waals surface area contributed by atoms with Crippen molar-refractivity contribution in [2.75, 3.05) is 17.9 Å². The highest BCUT2D eigenvalue weighted by Crippen LogP contribution is 2.41. The van der Waals surface area contributed by atoms with Crippen LogP contribution in [0, 0.1) is 0 Å². The number of rotatable bonds is 7. The molecule has 2 aliphatic heterocycles. The Bertz CT molecular complexity index is 1160. The fourth-order valence-corrected chi connectivity index (χ4v) is 6.23. The number of nitrogens with one attached hydrogen (secondary N) is 1. The number of halogens is 1. The van der Waals surface area contributed by atoms with Crippen molar-refractivity contribution in [2.45, 2.75) is 49.6 Å². The summed E-state index contributed by atoms with van der Waals surface area (Å²) < 4.78 is 47.6. The third-order valence-electron chi connectivity index (χ3n) is 6.06. The van der Waals surface area contributed by atoms with Crippen LogP contribution in [0.15, 0.2) is 70.9 Å². The van der Waals surface area contributed by atoms with Gasteiger partial charge in [-0.2, -0.15) is 0 Å². The normalized spacial score (nSPS) is 22.1. The van der Waals surface area contributed by atoms with Crippen molar-refractivity contribution >= 4 is 26.5 Å². The molecular weight excluding hydrogens is 461 g/mol. The van der Waals surface area contributed by atoms with Crippen molar-refractivity contribution in [3.63, 3.8) is 0 Å². The van der Waals surface area contributed by atoms with E-state index < -0.39 is 10.0 Å². The molecule has 6 nitrogen and oxygen atoms in total. The van der Waals surface area contributed by atoms with Gasteiger partial charge in [0.1, 0.15) is 11.6 Å². The van der Waals surface area contributed by atoms with E-state index in [0.717, 1.165) is 43.4 Å². The third-order valence-corrected chi connectivity index (χ3v) is 8.22. The number of aromatic nitrogens is 1. The van der Waals surface area contributed by atoms with Gasteiger partial charge in [0.05, 0.1) is 11.5 Å². The maximum Gasteiger partial charge on any atom is 0.263 e. The van der Waals surface area contributed by atoms with Crippen LogP contribution in [0.4, 0.5) is 9.52 Å². The second-order valence-corrected chi connectivity index (χ2v) is 10.7. The molecule has 1 saturated heterocycles. The lowest BCUT2D eigenvalue weighted by Gasteiger charge is -2.43. The highest BCUT2D eigenvalue weighted by molar-refractivity contribution is 7.93. The minimum Gasteiger partial charge on any atom is -0.493 e. The molecule has 1 aromatic carbocycles. The van der Waals surface area contributed by atoms with Crippen LogP contribution in [-0.2, 0) is 10.0 Å². The number of piperidine rings is 1. The van der Waals surface area contributed by atoms with E-state index in [0.29, 0.717) is 17.5 Å². The predicted molar refractivity (Wildman–Crippen MR) is 130 cm³/mol. The molecule has 1 fully saturated rings. The number of thiazole rings is 1. The van der Waals surface area contributed by atoms with E-state index in [-0.39, 0.29) is 22.8 Å². The number of sulfonamides is 1. The van der Waals surface area contributed by atoms with Gasteiger partial charge in [0.25, 0.3) is 10.0 Å². The highest BCUT2D eigenvalue weighted by atomic mass is 32.2. The SMILES string of the molecule is C=C(/C=C\C(F)=C/C)[C@H]1CCCCN1[C@H]1CCOc2cc(S(=O)(=O)Nc3nccs3)ccc21. The molecule has 2 aliphatic rings. The summed E-state index contributed by atoms with van der Waals surface area (Å²) in [5.74, 6) is 0.300. The molecule has 0 amide bonds. The Kier molecular flexibility index (Phi) is 7.31. The average Bonchev–Trinajstić information content (AvgIpc) is 3.33. The second-order valence-electron chi connectivity index (χ2n) is 8.13. The minimum atomic E-state index is -3.76. The summed E-state index contributed by atoms with van der Waals surface area (Å²) in [6.45, 7) is 7.29. The van der Waals surface area contributed by atoms with Crippen molar-refractivity contribution in [1.29, 1.82) is 0 Å². The molecule has 2 atom stereocenters. The van der Waals surface area contributed by atoms with E-state index >= 15 is 0 Å². The van der Waals surface area contributed by atoms with Gasteiger partial charge in [-0.05, 0) is 44.0 Å². The number of benzene rings is 1. The van der Waals surface area contributed by atoms with E-state index in [9.17, 15) is 12.8 Å². The van der Waals surface area contributed by atoms with Crippen LogP contribution >= 0.6 is 11.3 Å². The van der Waals surface area contributed by atoms with Crippen molar-refractivity contribution in [2.24, 2.45) is 0 Å². The first-order chi connectivity index (χ1) is 15.9. The lowest BCUT2D eigenvalue weighted by Crippen LogP contribution is -2.44. The maximum atomic E-state index is 13.6. The van der Waals surface area contributed by atoms with Gasteiger partial charge in [0, 0.05) is 41.7 Å². The molecule has 33 heavy (non-hydrogen) atoms. The van der Waals surface area contributed by atoms with Gasteiger partial charge < -0.3 is 4.74 Å². The van der Waals surface area contributed by atoms with Gasteiger partial charge in [-0.25, -0.2) is 17.8 Å². The summed E-state index contributed by atoms with van der Waals surface area (Å²) in [7, 11) is -3.76. The molecule has 2 aromatic rings. The van der Waals surface area contributed by atoms with E-state index in [1.54, 1.807) is 36.7 Å². The number of hydrogen-bond donors (Lipinski definition) is 1. The molecule has 0 radical (unpaired) electrons. The van der Waals surface area contributed by atoms with E-state index in [1.165, 1.54) is 23.5 Å². The number of allylic oxidation sites excluding steroid dienone is 3. The van der Waals surface area contributed by atoms with Crippen molar-refractivity contribution in [1.82, 2.24) is 9.88 Å². The Balaban J connectivity index is 1.59. The fraction of sp³-hybridized carbons (Fsp3) is 0.375. The molecule has 3 heterocycles. The topological polar surface area (TPSA) is 71.5 Å². The smallest absolute Gasteiger partial charge is 0.263 e. The van der Waals surface area contributed by atoms with Crippen LogP contribution in [-0.4, -0.2) is 37.5 Å². The second kappa shape index (κ2) is 10.2. The van der Waals surface area contributed by atoms with Gasteiger partial charge in [0.2, 0.25) is 0 Å². The summed E-state index contributed by atoms with van der Waals surface area (Å²) in [5, 5.41) is 2.03. The molecule has 176 valence electrons. The standard InChI is InChI=1S/C24H28FN3O3S2/c1-3-18(25)8-7-17(2)21-6-4-5-13-28(21)22-11-14-31-23-16-19(9-10-20(22)23)33(29,30)27-24-26-12-15-32-24/h3,7-10,12,15-16,21-22H,2,4-6,11,13-14H2,1H3,(H,26,27)/b8-7-,18-3+/t21-,22+/m1/s1. The van der Waals surface area contributed by atoms with Crippen LogP contribution in [0.5, 0.6) is 5.75 Å². The quantitative estimate of drug-likeness (QED) is 0.512. The molecule has 0 spiro atoms. The first-order valence-electron chi connectivity index (χ1n) is 11.0. The average molecular weight is 490 g/mol. The van der Waals surface area contributed by atoms with Crippen LogP contribution in [0.25, 0.3) is 0 Å². The number of hydrogen-bond acceptors (Lipinski definition) is 6. The molecule has 0 unspecified atom stereocenters. The molecule has 4 rings (SSSR count).